The van der Waals surface area contributed by atoms with E-state index in [-0.39, 0.29) is 46.9 Å². The Kier molecular flexibility index (Phi) is 6.11. The smallest absolute Gasteiger partial charge is 0.231 e. The summed E-state index contributed by atoms with van der Waals surface area (Å²) in [6.45, 7) is -0.959. The summed E-state index contributed by atoms with van der Waals surface area (Å²) in [7, 11) is -8.48. The van der Waals surface area contributed by atoms with Crippen molar-refractivity contribution < 1.29 is 25.6 Å². The van der Waals surface area contributed by atoms with Crippen LogP contribution in [0.3, 0.4) is 0 Å². The second-order valence-corrected chi connectivity index (χ2v) is 11.3. The van der Waals surface area contributed by atoms with Crippen LogP contribution in [0.25, 0.3) is 11.0 Å². The lowest BCUT2D eigenvalue weighted by atomic mass is 10.3. The second-order valence-electron chi connectivity index (χ2n) is 6.81. The zero-order chi connectivity index (χ0) is 23.3. The molecule has 1 saturated heterocycles. The zero-order valence-corrected chi connectivity index (χ0v) is 19.2. The van der Waals surface area contributed by atoms with Crippen molar-refractivity contribution in [2.45, 2.75) is 9.79 Å². The van der Waals surface area contributed by atoms with Crippen LogP contribution in [0.4, 0.5) is 8.78 Å². The summed E-state index contributed by atoms with van der Waals surface area (Å²) in [6.07, 6.45) is 0. The van der Waals surface area contributed by atoms with Crippen LogP contribution in [0.2, 0.25) is 10.3 Å². The van der Waals surface area contributed by atoms with Crippen LogP contribution in [-0.2, 0) is 20.0 Å². The molecule has 4 rings (SSSR count). The van der Waals surface area contributed by atoms with Crippen LogP contribution in [-0.4, -0.2) is 61.6 Å². The summed E-state index contributed by atoms with van der Waals surface area (Å²) < 4.78 is 81.4. The Morgan fingerprint density at radius 3 is 1.81 bits per heavy atom. The topological polar surface area (TPSA) is 101 Å². The molecule has 2 heterocycles. The molecule has 1 aliphatic heterocycles. The van der Waals surface area contributed by atoms with E-state index >= 15 is 0 Å². The summed E-state index contributed by atoms with van der Waals surface area (Å²) in [5.41, 5.74) is 0.567. The highest BCUT2D eigenvalue weighted by molar-refractivity contribution is 7.89. The van der Waals surface area contributed by atoms with Gasteiger partial charge in [-0.05, 0) is 30.3 Å². The fourth-order valence-corrected chi connectivity index (χ4v) is 6.55. The molecule has 32 heavy (non-hydrogen) atoms. The molecule has 1 fully saturated rings. The van der Waals surface area contributed by atoms with Crippen molar-refractivity contribution >= 4 is 54.3 Å². The number of piperazine rings is 1. The van der Waals surface area contributed by atoms with Crippen molar-refractivity contribution in [3.8, 4) is 0 Å². The van der Waals surface area contributed by atoms with Crippen molar-refractivity contribution in [1.82, 2.24) is 18.6 Å². The predicted octanol–water partition coefficient (Wildman–Crippen LogP) is 2.91. The third-order valence-electron chi connectivity index (χ3n) is 4.91. The molecule has 0 saturated carbocycles. The van der Waals surface area contributed by atoms with Crippen molar-refractivity contribution in [3.63, 3.8) is 0 Å². The van der Waals surface area contributed by atoms with Gasteiger partial charge in [0.2, 0.25) is 20.0 Å². The van der Waals surface area contributed by atoms with E-state index < -0.39 is 36.6 Å². The summed E-state index contributed by atoms with van der Waals surface area (Å²) in [4.78, 5) is 6.89. The standard InChI is InChI=1S/C18H14Cl2F2N4O4S2/c19-17-18(20)24-15-10-11(4-5-14(15)23-17)31(27,28)25-6-8-26(9-7-25)32(29,30)16-12(21)2-1-3-13(16)22/h1-5,10H,6-9H2. The zero-order valence-electron chi connectivity index (χ0n) is 16.0. The van der Waals surface area contributed by atoms with E-state index in [1.807, 2.05) is 0 Å². The SMILES string of the molecule is O=S(=O)(c1ccc2nc(Cl)c(Cl)nc2c1)N1CCN(S(=O)(=O)c2c(F)cccc2F)CC1. The second kappa shape index (κ2) is 8.43. The predicted molar refractivity (Wildman–Crippen MR) is 113 cm³/mol. The highest BCUT2D eigenvalue weighted by atomic mass is 35.5. The molecular weight excluding hydrogens is 509 g/mol. The lowest BCUT2D eigenvalue weighted by Crippen LogP contribution is -2.50. The lowest BCUT2D eigenvalue weighted by molar-refractivity contribution is 0.271. The Morgan fingerprint density at radius 1 is 0.750 bits per heavy atom. The van der Waals surface area contributed by atoms with Gasteiger partial charge in [-0.25, -0.2) is 35.6 Å². The first-order valence-corrected chi connectivity index (χ1v) is 12.7. The Morgan fingerprint density at radius 2 is 1.25 bits per heavy atom. The summed E-state index contributed by atoms with van der Waals surface area (Å²) in [5.74, 6) is -2.42. The van der Waals surface area contributed by atoms with E-state index in [4.69, 9.17) is 23.2 Å². The molecule has 0 atom stereocenters. The Bertz CT molecular complexity index is 1410. The molecule has 0 N–H and O–H groups in total. The van der Waals surface area contributed by atoms with Gasteiger partial charge >= 0.3 is 0 Å². The average Bonchev–Trinajstić information content (AvgIpc) is 2.74. The van der Waals surface area contributed by atoms with Crippen molar-refractivity contribution in [3.05, 3.63) is 58.3 Å². The van der Waals surface area contributed by atoms with E-state index in [1.165, 1.54) is 18.2 Å². The molecule has 8 nitrogen and oxygen atoms in total. The van der Waals surface area contributed by atoms with E-state index in [0.29, 0.717) is 5.52 Å². The van der Waals surface area contributed by atoms with Crippen molar-refractivity contribution in [2.24, 2.45) is 0 Å². The maximum atomic E-state index is 14.0. The van der Waals surface area contributed by atoms with Gasteiger partial charge in [0.1, 0.15) is 11.6 Å². The van der Waals surface area contributed by atoms with Gasteiger partial charge in [-0.3, -0.25) is 0 Å². The Labute approximate surface area is 192 Å². The molecule has 0 spiro atoms. The number of aromatic nitrogens is 2. The molecule has 3 aromatic rings. The number of sulfonamides is 2. The maximum absolute atomic E-state index is 14.0. The van der Waals surface area contributed by atoms with Crippen LogP contribution in [0.1, 0.15) is 0 Å². The van der Waals surface area contributed by atoms with E-state index in [9.17, 15) is 25.6 Å². The number of nitrogens with zero attached hydrogens (tertiary/aromatic N) is 4. The van der Waals surface area contributed by atoms with Gasteiger partial charge in [-0.1, -0.05) is 29.3 Å². The number of hydrogen-bond acceptors (Lipinski definition) is 6. The minimum Gasteiger partial charge on any atom is -0.231 e. The molecular formula is C18H14Cl2F2N4O4S2. The van der Waals surface area contributed by atoms with Gasteiger partial charge in [0.25, 0.3) is 0 Å². The fourth-order valence-electron chi connectivity index (χ4n) is 3.31. The largest absolute Gasteiger partial charge is 0.249 e. The lowest BCUT2D eigenvalue weighted by Gasteiger charge is -2.33. The first-order chi connectivity index (χ1) is 15.0. The maximum Gasteiger partial charge on any atom is 0.249 e. The Hall–Kier alpha value is -1.96. The van der Waals surface area contributed by atoms with Crippen LogP contribution >= 0.6 is 23.2 Å². The molecule has 0 aliphatic carbocycles. The molecule has 0 bridgehead atoms. The van der Waals surface area contributed by atoms with Crippen LogP contribution in [0.5, 0.6) is 0 Å². The van der Waals surface area contributed by atoms with Crippen molar-refractivity contribution in [2.75, 3.05) is 26.2 Å². The quantitative estimate of drug-likeness (QED) is 0.522. The number of benzene rings is 2. The fraction of sp³-hybridized carbons (Fsp3) is 0.222. The summed E-state index contributed by atoms with van der Waals surface area (Å²) in [6, 6.07) is 6.80. The van der Waals surface area contributed by atoms with Gasteiger partial charge in [0.05, 0.1) is 15.9 Å². The number of halogens is 4. The average molecular weight is 523 g/mol. The minimum atomic E-state index is -4.48. The van der Waals surface area contributed by atoms with Crippen LogP contribution in [0.15, 0.2) is 46.2 Å². The van der Waals surface area contributed by atoms with Gasteiger partial charge in [0.15, 0.2) is 15.2 Å². The third-order valence-corrected chi connectivity index (χ3v) is 9.38. The first kappa shape index (κ1) is 23.2. The van der Waals surface area contributed by atoms with Gasteiger partial charge in [-0.15, -0.1) is 0 Å². The number of hydrogen-bond donors (Lipinski definition) is 0. The van der Waals surface area contributed by atoms with Crippen LogP contribution < -0.4 is 0 Å². The molecule has 0 unspecified atom stereocenters. The summed E-state index contributed by atoms with van der Waals surface area (Å²) >= 11 is 11.7. The number of fused-ring (bicyclic) bond motifs is 1. The van der Waals surface area contributed by atoms with Gasteiger partial charge in [-0.2, -0.15) is 8.61 Å². The molecule has 0 radical (unpaired) electrons. The molecule has 14 heteroatoms. The van der Waals surface area contributed by atoms with E-state index in [1.54, 1.807) is 0 Å². The first-order valence-electron chi connectivity index (χ1n) is 9.09. The van der Waals surface area contributed by atoms with Gasteiger partial charge in [0, 0.05) is 26.2 Å². The highest BCUT2D eigenvalue weighted by Crippen LogP contribution is 2.27. The molecule has 2 aromatic carbocycles. The monoisotopic (exact) mass is 522 g/mol. The number of rotatable bonds is 4. The Balaban J connectivity index is 1.57. The molecule has 1 aromatic heterocycles. The third kappa shape index (κ3) is 4.06. The van der Waals surface area contributed by atoms with E-state index in [2.05, 4.69) is 9.97 Å². The molecule has 0 amide bonds. The molecule has 170 valence electrons. The van der Waals surface area contributed by atoms with Crippen LogP contribution in [0, 0.1) is 11.6 Å². The highest BCUT2D eigenvalue weighted by Gasteiger charge is 2.36. The van der Waals surface area contributed by atoms with Crippen molar-refractivity contribution in [1.29, 1.82) is 0 Å². The minimum absolute atomic E-state index is 0.0154. The van der Waals surface area contributed by atoms with E-state index in [0.717, 1.165) is 26.8 Å². The summed E-state index contributed by atoms with van der Waals surface area (Å²) in [5, 5.41) is -0.0914. The molecule has 1 aliphatic rings. The normalized spacial score (nSPS) is 16.5. The van der Waals surface area contributed by atoms with Gasteiger partial charge < -0.3 is 0 Å².